The summed E-state index contributed by atoms with van der Waals surface area (Å²) in [6, 6.07) is 4.74. The van der Waals surface area contributed by atoms with Gasteiger partial charge in [0, 0.05) is 29.0 Å². The van der Waals surface area contributed by atoms with Crippen LogP contribution in [0.5, 0.6) is 5.75 Å². The number of hydrogen-bond acceptors (Lipinski definition) is 8. The van der Waals surface area contributed by atoms with Crippen molar-refractivity contribution in [2.45, 2.75) is 83.2 Å². The van der Waals surface area contributed by atoms with E-state index in [1.165, 1.54) is 11.1 Å². The van der Waals surface area contributed by atoms with Gasteiger partial charge in [-0.2, -0.15) is 0 Å². The van der Waals surface area contributed by atoms with Crippen LogP contribution in [-0.4, -0.2) is 57.7 Å². The lowest BCUT2D eigenvalue weighted by atomic mass is 9.79. The zero-order valence-electron chi connectivity index (χ0n) is 22.9. The molecule has 0 radical (unpaired) electrons. The molecule has 2 fully saturated rings. The minimum atomic E-state index is -0.745. The Labute approximate surface area is 239 Å². The number of benzene rings is 1. The van der Waals surface area contributed by atoms with Crippen LogP contribution < -0.4 is 15.8 Å². The van der Waals surface area contributed by atoms with Gasteiger partial charge in [0.25, 0.3) is 0 Å². The Hall–Kier alpha value is -2.43. The summed E-state index contributed by atoms with van der Waals surface area (Å²) in [7, 11) is 0. The van der Waals surface area contributed by atoms with Crippen molar-refractivity contribution in [2.75, 3.05) is 6.54 Å². The van der Waals surface area contributed by atoms with Crippen LogP contribution in [0.2, 0.25) is 0 Å². The molecule has 1 amide bonds. The highest BCUT2D eigenvalue weighted by Crippen LogP contribution is 2.52. The Bertz CT molecular complexity index is 1230. The molecule has 210 valence electrons. The monoisotopic (exact) mass is 571 g/mol. The molecule has 0 aromatic heterocycles. The molecule has 3 aliphatic heterocycles. The summed E-state index contributed by atoms with van der Waals surface area (Å²) in [4.78, 5) is 43.1. The van der Waals surface area contributed by atoms with Crippen LogP contribution >= 0.6 is 24.0 Å². The maximum atomic E-state index is 13.7. The number of hydrogen-bond donors (Lipinski definition) is 2. The number of amides is 1. The molecule has 0 bridgehead atoms. The predicted molar refractivity (Wildman–Crippen MR) is 154 cm³/mol. The maximum Gasteiger partial charge on any atom is 0.361 e. The van der Waals surface area contributed by atoms with Gasteiger partial charge in [-0.15, -0.1) is 11.8 Å². The van der Waals surface area contributed by atoms with E-state index in [0.717, 1.165) is 35.6 Å². The van der Waals surface area contributed by atoms with Crippen molar-refractivity contribution >= 4 is 46.8 Å². The summed E-state index contributed by atoms with van der Waals surface area (Å²) in [6.45, 7) is 8.34. The third-order valence-corrected chi connectivity index (χ3v) is 10.4. The summed E-state index contributed by atoms with van der Waals surface area (Å²) in [6.07, 6.45) is 3.92. The van der Waals surface area contributed by atoms with Crippen molar-refractivity contribution in [1.82, 2.24) is 10.2 Å². The molecule has 7 atom stereocenters. The highest BCUT2D eigenvalue weighted by Gasteiger charge is 2.61. The zero-order valence-corrected chi connectivity index (χ0v) is 24.5. The quantitative estimate of drug-likeness (QED) is 0.199. The zero-order chi connectivity index (χ0) is 28.0. The van der Waals surface area contributed by atoms with Crippen molar-refractivity contribution in [3.63, 3.8) is 0 Å². The van der Waals surface area contributed by atoms with E-state index in [1.54, 1.807) is 23.6 Å². The van der Waals surface area contributed by atoms with Gasteiger partial charge in [0.2, 0.25) is 5.91 Å². The van der Waals surface area contributed by atoms with Crippen molar-refractivity contribution in [3.05, 3.63) is 39.9 Å². The number of nitrogens with two attached hydrogens (primary N) is 1. The predicted octanol–water partition coefficient (Wildman–Crippen LogP) is 3.50. The number of rotatable bonds is 9. The second-order valence-electron chi connectivity index (χ2n) is 11.2. The molecule has 5 rings (SSSR count). The highest BCUT2D eigenvalue weighted by molar-refractivity contribution is 8.03. The Morgan fingerprint density at radius 2 is 2.00 bits per heavy atom. The van der Waals surface area contributed by atoms with Gasteiger partial charge in [-0.05, 0) is 55.4 Å². The molecule has 1 aromatic rings. The van der Waals surface area contributed by atoms with E-state index in [2.05, 4.69) is 5.32 Å². The first kappa shape index (κ1) is 28.1. The van der Waals surface area contributed by atoms with Gasteiger partial charge in [0.05, 0.1) is 16.9 Å². The molecule has 1 aromatic carbocycles. The van der Waals surface area contributed by atoms with Crippen LogP contribution in [0.25, 0.3) is 0 Å². The van der Waals surface area contributed by atoms with Gasteiger partial charge in [0.15, 0.2) is 0 Å². The number of esters is 2. The van der Waals surface area contributed by atoms with E-state index in [1.807, 2.05) is 39.0 Å². The second-order valence-corrected chi connectivity index (χ2v) is 13.0. The van der Waals surface area contributed by atoms with Gasteiger partial charge in [-0.3, -0.25) is 9.59 Å². The highest BCUT2D eigenvalue weighted by atomic mass is 32.2. The van der Waals surface area contributed by atoms with Gasteiger partial charge in [-0.25, -0.2) is 4.79 Å². The lowest BCUT2D eigenvalue weighted by Gasteiger charge is -2.47. The number of nitrogens with zero attached hydrogens (tertiary/aromatic N) is 1. The minimum absolute atomic E-state index is 0.0277. The number of thioether (sulfide) groups is 1. The van der Waals surface area contributed by atoms with Crippen LogP contribution in [-0.2, 0) is 32.0 Å². The molecule has 4 aliphatic rings. The molecule has 2 saturated heterocycles. The molecule has 0 saturated carbocycles. The van der Waals surface area contributed by atoms with Gasteiger partial charge < -0.3 is 25.4 Å². The molecule has 1 aliphatic carbocycles. The number of aryl methyl sites for hydroxylation is 2. The average molecular weight is 572 g/mol. The number of fused-ring (bicyclic) bond motifs is 2. The lowest BCUT2D eigenvalue weighted by molar-refractivity contribution is -0.173. The molecule has 0 spiro atoms. The molecule has 3 heterocycles. The third kappa shape index (κ3) is 5.23. The molecule has 1 unspecified atom stereocenters. The van der Waals surface area contributed by atoms with Crippen LogP contribution in [0.1, 0.15) is 58.1 Å². The van der Waals surface area contributed by atoms with Crippen molar-refractivity contribution < 1.29 is 23.9 Å². The topological polar surface area (TPSA) is 111 Å². The Balaban J connectivity index is 1.37. The van der Waals surface area contributed by atoms with E-state index in [4.69, 9.17) is 27.4 Å². The van der Waals surface area contributed by atoms with E-state index in [9.17, 15) is 14.4 Å². The Morgan fingerprint density at radius 1 is 1.26 bits per heavy atom. The fourth-order valence-electron chi connectivity index (χ4n) is 6.09. The number of thiocarbonyl (C=S) groups is 1. The molecule has 10 heteroatoms. The molecular weight excluding hydrogens is 534 g/mol. The fourth-order valence-corrected chi connectivity index (χ4v) is 7.90. The van der Waals surface area contributed by atoms with Crippen LogP contribution in [0.3, 0.4) is 0 Å². The summed E-state index contributed by atoms with van der Waals surface area (Å²) in [5.74, 6) is -1.49. The van der Waals surface area contributed by atoms with E-state index in [0.29, 0.717) is 24.4 Å². The Morgan fingerprint density at radius 3 is 2.69 bits per heavy atom. The lowest BCUT2D eigenvalue weighted by Crippen LogP contribution is -2.64. The van der Waals surface area contributed by atoms with Gasteiger partial charge in [-0.1, -0.05) is 45.5 Å². The largest absolute Gasteiger partial charge is 0.461 e. The molecule has 8 nitrogen and oxygen atoms in total. The number of carbonyl (C=O) groups excluding carboxylic acids is 3. The summed E-state index contributed by atoms with van der Waals surface area (Å²) < 4.78 is 11.6. The van der Waals surface area contributed by atoms with E-state index >= 15 is 0 Å². The van der Waals surface area contributed by atoms with Crippen molar-refractivity contribution in [2.24, 2.45) is 23.5 Å². The second kappa shape index (κ2) is 11.2. The molecule has 3 N–H and O–H groups in total. The van der Waals surface area contributed by atoms with E-state index < -0.39 is 30.0 Å². The van der Waals surface area contributed by atoms with Gasteiger partial charge in [0.1, 0.15) is 23.6 Å². The average Bonchev–Trinajstić information content (AvgIpc) is 3.60. The summed E-state index contributed by atoms with van der Waals surface area (Å²) in [5, 5.41) is 3.37. The number of carbonyl (C=O) groups is 3. The first-order valence-corrected chi connectivity index (χ1v) is 15.2. The fraction of sp³-hybridized carbons (Fsp3) is 0.586. The summed E-state index contributed by atoms with van der Waals surface area (Å²) in [5.41, 5.74) is 8.88. The first-order valence-electron chi connectivity index (χ1n) is 13.9. The van der Waals surface area contributed by atoms with Crippen molar-refractivity contribution in [1.29, 1.82) is 0 Å². The number of nitrogens with one attached hydrogen (secondary N) is 1. The first-order chi connectivity index (χ1) is 18.6. The number of ether oxygens (including phenoxy) is 2. The maximum absolute atomic E-state index is 13.7. The molecular formula is C29H37N3O5S2. The van der Waals surface area contributed by atoms with E-state index in [-0.39, 0.29) is 29.0 Å². The minimum Gasteiger partial charge on any atom is -0.461 e. The Kier molecular flexibility index (Phi) is 8.08. The van der Waals surface area contributed by atoms with Gasteiger partial charge >= 0.3 is 11.9 Å². The third-order valence-electron chi connectivity index (χ3n) is 8.63. The molecule has 39 heavy (non-hydrogen) atoms. The summed E-state index contributed by atoms with van der Waals surface area (Å²) >= 11 is 6.93. The van der Waals surface area contributed by atoms with Crippen LogP contribution in [0, 0.1) is 17.8 Å². The standard InChI is InChI=1S/C29H37N3O5S2/c1-5-14(2)23(30)28(34)36-16(4)22-24-15(3)26(39-20-12-21(38)31-13-20)25(32(24)27(22)33)29(35)37-19-10-9-17-7-6-8-18(17)11-19/h9-11,14-16,20,22-24H,5-8,12-13,30H2,1-4H3,(H,31,38)/t14?,15-,16-,20-,22-,23+,24-/m1/s1. The SMILES string of the molecule is CCC(C)[C@H](N)C(=O)O[C@H](C)[C@H]1C(=O)N2C(C(=O)Oc3ccc4c(c3)CCC4)=C(S[C@H]3CNC(=S)C3)[C@H](C)[C@H]12. The van der Waals surface area contributed by atoms with Crippen LogP contribution in [0.4, 0.5) is 0 Å². The van der Waals surface area contributed by atoms with Crippen LogP contribution in [0.15, 0.2) is 28.8 Å². The number of β-lactam (4-membered cyclic amide) rings is 1. The smallest absolute Gasteiger partial charge is 0.361 e. The van der Waals surface area contributed by atoms with Crippen molar-refractivity contribution in [3.8, 4) is 5.75 Å². The normalized spacial score (nSPS) is 27.9.